The van der Waals surface area contributed by atoms with E-state index in [1.165, 1.54) is 5.56 Å². The van der Waals surface area contributed by atoms with Crippen LogP contribution in [0.25, 0.3) is 0 Å². The van der Waals surface area contributed by atoms with Gasteiger partial charge in [0.05, 0.1) is 5.69 Å². The van der Waals surface area contributed by atoms with Gasteiger partial charge in [-0.1, -0.05) is 0 Å². The van der Waals surface area contributed by atoms with Gasteiger partial charge in [-0.05, 0) is 58.2 Å². The molecule has 0 radical (unpaired) electrons. The summed E-state index contributed by atoms with van der Waals surface area (Å²) in [5, 5.41) is 13.5. The molecular weight excluding hydrogens is 240 g/mol. The van der Waals surface area contributed by atoms with E-state index in [0.29, 0.717) is 6.54 Å². The van der Waals surface area contributed by atoms with Crippen LogP contribution in [0.2, 0.25) is 0 Å². The molecule has 5 heteroatoms. The Morgan fingerprint density at radius 1 is 1.37 bits per heavy atom. The van der Waals surface area contributed by atoms with Crippen molar-refractivity contribution in [2.24, 2.45) is 5.92 Å². The number of hydrogen-bond donors (Lipinski definition) is 3. The predicted octanol–water partition coefficient (Wildman–Crippen LogP) is 1.07. The van der Waals surface area contributed by atoms with Crippen LogP contribution in [0.4, 0.5) is 0 Å². The lowest BCUT2D eigenvalue weighted by Gasteiger charge is -2.13. The molecule has 5 nitrogen and oxygen atoms in total. The van der Waals surface area contributed by atoms with E-state index in [2.05, 4.69) is 20.8 Å². The average Bonchev–Trinajstić information content (AvgIpc) is 2.64. The van der Waals surface area contributed by atoms with Crippen LogP contribution in [-0.4, -0.2) is 35.7 Å². The summed E-state index contributed by atoms with van der Waals surface area (Å²) in [7, 11) is 0. The Bertz CT molecular complexity index is 400. The molecule has 0 aromatic carbocycles. The summed E-state index contributed by atoms with van der Waals surface area (Å²) in [6.45, 7) is 6.71. The molecule has 0 saturated carbocycles. The number of aromatic nitrogens is 2. The zero-order chi connectivity index (χ0) is 13.7. The predicted molar refractivity (Wildman–Crippen MR) is 75.0 cm³/mol. The molecule has 19 heavy (non-hydrogen) atoms. The van der Waals surface area contributed by atoms with Crippen molar-refractivity contribution in [3.8, 4) is 0 Å². The SMILES string of the molecule is Cc1n[nH]c(C)c1CCNC(=O)[C@H]1CCCNCC1. The van der Waals surface area contributed by atoms with Gasteiger partial charge in [-0.2, -0.15) is 5.10 Å². The summed E-state index contributed by atoms with van der Waals surface area (Å²) in [5.41, 5.74) is 3.36. The van der Waals surface area contributed by atoms with Crippen LogP contribution < -0.4 is 10.6 Å². The van der Waals surface area contributed by atoms with E-state index in [-0.39, 0.29) is 11.8 Å². The van der Waals surface area contributed by atoms with E-state index in [1.54, 1.807) is 0 Å². The fraction of sp³-hybridized carbons (Fsp3) is 0.714. The van der Waals surface area contributed by atoms with Crippen molar-refractivity contribution in [1.82, 2.24) is 20.8 Å². The Kier molecular flexibility index (Phi) is 4.96. The van der Waals surface area contributed by atoms with Crippen molar-refractivity contribution in [3.05, 3.63) is 17.0 Å². The van der Waals surface area contributed by atoms with Crippen LogP contribution in [0.1, 0.15) is 36.2 Å². The van der Waals surface area contributed by atoms with Gasteiger partial charge in [-0.25, -0.2) is 0 Å². The normalized spacial score (nSPS) is 20.0. The van der Waals surface area contributed by atoms with E-state index in [0.717, 1.165) is 50.2 Å². The van der Waals surface area contributed by atoms with E-state index < -0.39 is 0 Å². The van der Waals surface area contributed by atoms with Crippen LogP contribution >= 0.6 is 0 Å². The first-order valence-corrected chi connectivity index (χ1v) is 7.17. The van der Waals surface area contributed by atoms with Crippen LogP contribution in [0.5, 0.6) is 0 Å². The zero-order valence-electron chi connectivity index (χ0n) is 11.9. The number of rotatable bonds is 4. The van der Waals surface area contributed by atoms with Gasteiger partial charge >= 0.3 is 0 Å². The third kappa shape index (κ3) is 3.80. The first-order valence-electron chi connectivity index (χ1n) is 7.17. The maximum Gasteiger partial charge on any atom is 0.223 e. The van der Waals surface area contributed by atoms with Crippen molar-refractivity contribution < 1.29 is 4.79 Å². The quantitative estimate of drug-likeness (QED) is 0.762. The Hall–Kier alpha value is -1.36. The number of nitrogens with one attached hydrogen (secondary N) is 3. The minimum absolute atomic E-state index is 0.182. The minimum Gasteiger partial charge on any atom is -0.356 e. The molecule has 0 aliphatic carbocycles. The second-order valence-electron chi connectivity index (χ2n) is 5.33. The molecule has 2 rings (SSSR count). The molecule has 1 atom stereocenters. The molecule has 3 N–H and O–H groups in total. The van der Waals surface area contributed by atoms with Crippen LogP contribution in [0.3, 0.4) is 0 Å². The molecule has 0 spiro atoms. The Balaban J connectivity index is 1.77. The second-order valence-corrected chi connectivity index (χ2v) is 5.33. The lowest BCUT2D eigenvalue weighted by molar-refractivity contribution is -0.125. The summed E-state index contributed by atoms with van der Waals surface area (Å²) in [6.07, 6.45) is 3.90. The van der Waals surface area contributed by atoms with E-state index in [4.69, 9.17) is 0 Å². The highest BCUT2D eigenvalue weighted by Crippen LogP contribution is 2.14. The lowest BCUT2D eigenvalue weighted by atomic mass is 10.00. The summed E-state index contributed by atoms with van der Waals surface area (Å²) in [6, 6.07) is 0. The van der Waals surface area contributed by atoms with Crippen molar-refractivity contribution in [1.29, 1.82) is 0 Å². The van der Waals surface area contributed by atoms with Crippen molar-refractivity contribution in [3.63, 3.8) is 0 Å². The number of carbonyl (C=O) groups excluding carboxylic acids is 1. The van der Waals surface area contributed by atoms with Gasteiger partial charge in [0.15, 0.2) is 0 Å². The number of aromatic amines is 1. The summed E-state index contributed by atoms with van der Waals surface area (Å²) in [5.74, 6) is 0.393. The molecule has 2 heterocycles. The van der Waals surface area contributed by atoms with Gasteiger partial charge in [0.25, 0.3) is 0 Å². The van der Waals surface area contributed by atoms with Gasteiger partial charge in [0.2, 0.25) is 5.91 Å². The third-order valence-corrected chi connectivity index (χ3v) is 3.90. The summed E-state index contributed by atoms with van der Waals surface area (Å²) < 4.78 is 0. The molecular formula is C14H24N4O. The molecule has 1 saturated heterocycles. The van der Waals surface area contributed by atoms with Crippen molar-refractivity contribution >= 4 is 5.91 Å². The van der Waals surface area contributed by atoms with Gasteiger partial charge in [-0.3, -0.25) is 9.89 Å². The molecule has 1 aromatic heterocycles. The smallest absolute Gasteiger partial charge is 0.223 e. The number of nitrogens with zero attached hydrogens (tertiary/aromatic N) is 1. The van der Waals surface area contributed by atoms with Gasteiger partial charge in [0.1, 0.15) is 0 Å². The minimum atomic E-state index is 0.182. The second kappa shape index (κ2) is 6.70. The Labute approximate surface area is 114 Å². The lowest BCUT2D eigenvalue weighted by Crippen LogP contribution is -2.32. The van der Waals surface area contributed by atoms with E-state index >= 15 is 0 Å². The number of hydrogen-bond acceptors (Lipinski definition) is 3. The number of amides is 1. The number of carbonyl (C=O) groups is 1. The molecule has 1 aliphatic heterocycles. The maximum absolute atomic E-state index is 12.1. The molecule has 1 fully saturated rings. The first-order chi connectivity index (χ1) is 9.18. The highest BCUT2D eigenvalue weighted by atomic mass is 16.1. The fourth-order valence-corrected chi connectivity index (χ4v) is 2.68. The van der Waals surface area contributed by atoms with Crippen molar-refractivity contribution in [2.75, 3.05) is 19.6 Å². The molecule has 1 aromatic rings. The number of aryl methyl sites for hydroxylation is 2. The highest BCUT2D eigenvalue weighted by molar-refractivity contribution is 5.78. The van der Waals surface area contributed by atoms with Gasteiger partial charge < -0.3 is 10.6 Å². The molecule has 0 bridgehead atoms. The van der Waals surface area contributed by atoms with Gasteiger partial charge in [-0.15, -0.1) is 0 Å². The Morgan fingerprint density at radius 3 is 2.95 bits per heavy atom. The highest BCUT2D eigenvalue weighted by Gasteiger charge is 2.19. The molecule has 1 aliphatic rings. The third-order valence-electron chi connectivity index (χ3n) is 3.90. The van der Waals surface area contributed by atoms with Crippen LogP contribution in [-0.2, 0) is 11.2 Å². The number of H-pyrrole nitrogens is 1. The van der Waals surface area contributed by atoms with E-state index in [9.17, 15) is 4.79 Å². The Morgan fingerprint density at radius 2 is 2.21 bits per heavy atom. The van der Waals surface area contributed by atoms with Crippen LogP contribution in [0, 0.1) is 19.8 Å². The molecule has 0 unspecified atom stereocenters. The fourth-order valence-electron chi connectivity index (χ4n) is 2.68. The molecule has 106 valence electrons. The van der Waals surface area contributed by atoms with Gasteiger partial charge in [0, 0.05) is 18.2 Å². The zero-order valence-corrected chi connectivity index (χ0v) is 11.9. The van der Waals surface area contributed by atoms with Crippen LogP contribution in [0.15, 0.2) is 0 Å². The summed E-state index contributed by atoms with van der Waals surface area (Å²) in [4.78, 5) is 12.1. The average molecular weight is 264 g/mol. The standard InChI is InChI=1S/C14H24N4O/c1-10-13(11(2)18-17-10)6-9-16-14(19)12-4-3-7-15-8-5-12/h12,15H,3-9H2,1-2H3,(H,16,19)(H,17,18)/t12-/m0/s1. The van der Waals surface area contributed by atoms with Crippen molar-refractivity contribution in [2.45, 2.75) is 39.5 Å². The molecule has 1 amide bonds. The topological polar surface area (TPSA) is 69.8 Å². The van der Waals surface area contributed by atoms with E-state index in [1.807, 2.05) is 13.8 Å². The summed E-state index contributed by atoms with van der Waals surface area (Å²) >= 11 is 0. The monoisotopic (exact) mass is 264 g/mol. The largest absolute Gasteiger partial charge is 0.356 e. The maximum atomic E-state index is 12.1. The first kappa shape index (κ1) is 14.1.